The molecule has 22 heavy (non-hydrogen) atoms. The molecule has 5 heteroatoms. The van der Waals surface area contributed by atoms with Gasteiger partial charge >= 0.3 is 0 Å². The Bertz CT molecular complexity index is 851. The molecule has 0 atom stereocenters. The predicted molar refractivity (Wildman–Crippen MR) is 99.6 cm³/mol. The summed E-state index contributed by atoms with van der Waals surface area (Å²) in [6.07, 6.45) is 0. The molecule has 110 valence electrons. The summed E-state index contributed by atoms with van der Waals surface area (Å²) in [7, 11) is 0. The highest BCUT2D eigenvalue weighted by atomic mass is 79.9. The zero-order chi connectivity index (χ0) is 15.5. The molecule has 3 nitrogen and oxygen atoms in total. The fraction of sp³-hybridized carbons (Fsp3) is 0. The average molecular weight is 373 g/mol. The lowest BCUT2D eigenvalue weighted by Crippen LogP contribution is -2.19. The number of hydrogen-bond acceptors (Lipinski definition) is 2. The maximum atomic E-state index is 9.91. The molecule has 3 aromatic carbocycles. The van der Waals surface area contributed by atoms with Crippen molar-refractivity contribution in [3.8, 4) is 5.75 Å². The number of anilines is 2. The molecule has 0 aliphatic rings. The number of benzene rings is 3. The van der Waals surface area contributed by atoms with Crippen molar-refractivity contribution in [1.29, 1.82) is 0 Å². The first-order chi connectivity index (χ1) is 10.6. The molecule has 3 N–H and O–H groups in total. The van der Waals surface area contributed by atoms with E-state index in [1.54, 1.807) is 6.07 Å². The van der Waals surface area contributed by atoms with Crippen molar-refractivity contribution in [3.63, 3.8) is 0 Å². The van der Waals surface area contributed by atoms with Gasteiger partial charge in [0.2, 0.25) is 0 Å². The van der Waals surface area contributed by atoms with E-state index in [0.29, 0.717) is 5.11 Å². The molecule has 0 amide bonds. The van der Waals surface area contributed by atoms with Crippen LogP contribution in [-0.2, 0) is 0 Å². The number of nitrogens with one attached hydrogen (secondary N) is 2. The van der Waals surface area contributed by atoms with Crippen molar-refractivity contribution in [3.05, 3.63) is 65.1 Å². The fourth-order valence-corrected chi connectivity index (χ4v) is 2.88. The summed E-state index contributed by atoms with van der Waals surface area (Å²) in [5.41, 5.74) is 1.75. The van der Waals surface area contributed by atoms with Crippen molar-refractivity contribution in [2.75, 3.05) is 10.6 Å². The van der Waals surface area contributed by atoms with Crippen LogP contribution in [-0.4, -0.2) is 10.2 Å². The van der Waals surface area contributed by atoms with E-state index in [1.807, 2.05) is 54.6 Å². The molecule has 0 unspecified atom stereocenters. The second kappa shape index (κ2) is 6.34. The monoisotopic (exact) mass is 372 g/mol. The van der Waals surface area contributed by atoms with Crippen LogP contribution in [0.25, 0.3) is 10.8 Å². The normalized spacial score (nSPS) is 10.4. The van der Waals surface area contributed by atoms with Crippen molar-refractivity contribution in [2.45, 2.75) is 0 Å². The first-order valence-electron chi connectivity index (χ1n) is 6.68. The number of aromatic hydroxyl groups is 1. The first-order valence-corrected chi connectivity index (χ1v) is 7.88. The third-order valence-corrected chi connectivity index (χ3v) is 3.93. The molecule has 3 aromatic rings. The van der Waals surface area contributed by atoms with Crippen LogP contribution in [0.5, 0.6) is 5.75 Å². The topological polar surface area (TPSA) is 44.3 Å². The molecule has 0 aromatic heterocycles. The zero-order valence-corrected chi connectivity index (χ0v) is 13.9. The quantitative estimate of drug-likeness (QED) is 0.546. The Morgan fingerprint density at radius 2 is 1.64 bits per heavy atom. The van der Waals surface area contributed by atoms with Crippen LogP contribution in [0, 0.1) is 0 Å². The molecule has 0 aliphatic heterocycles. The van der Waals surface area contributed by atoms with Crippen LogP contribution in [0.1, 0.15) is 0 Å². The minimum absolute atomic E-state index is 0.256. The van der Waals surface area contributed by atoms with Crippen molar-refractivity contribution < 1.29 is 5.11 Å². The van der Waals surface area contributed by atoms with Crippen LogP contribution in [0.4, 0.5) is 11.4 Å². The van der Waals surface area contributed by atoms with Gasteiger partial charge in [0.25, 0.3) is 0 Å². The SMILES string of the molecule is Oc1cccc2c(NC(=S)Nc3cccc(Br)c3)cccc12. The molecular weight excluding hydrogens is 360 g/mol. The van der Waals surface area contributed by atoms with Gasteiger partial charge in [0, 0.05) is 26.6 Å². The maximum absolute atomic E-state index is 9.91. The number of phenolic OH excluding ortho intramolecular Hbond substituents is 1. The van der Waals surface area contributed by atoms with E-state index in [-0.39, 0.29) is 5.75 Å². The van der Waals surface area contributed by atoms with Gasteiger partial charge in [0.1, 0.15) is 5.75 Å². The van der Waals surface area contributed by atoms with E-state index in [1.165, 1.54) is 0 Å². The van der Waals surface area contributed by atoms with Gasteiger partial charge in [-0.1, -0.05) is 46.3 Å². The van der Waals surface area contributed by atoms with E-state index in [0.717, 1.165) is 26.6 Å². The molecule has 0 heterocycles. The van der Waals surface area contributed by atoms with E-state index in [2.05, 4.69) is 26.6 Å². The number of rotatable bonds is 2. The number of phenols is 1. The molecule has 0 radical (unpaired) electrons. The number of hydrogen-bond donors (Lipinski definition) is 3. The van der Waals surface area contributed by atoms with Crippen LogP contribution < -0.4 is 10.6 Å². The Balaban J connectivity index is 1.84. The van der Waals surface area contributed by atoms with Gasteiger partial charge in [-0.25, -0.2) is 0 Å². The van der Waals surface area contributed by atoms with Crippen LogP contribution in [0.3, 0.4) is 0 Å². The Labute approximate surface area is 142 Å². The van der Waals surface area contributed by atoms with Gasteiger partial charge in [-0.15, -0.1) is 0 Å². The summed E-state index contributed by atoms with van der Waals surface area (Å²) in [4.78, 5) is 0. The largest absolute Gasteiger partial charge is 0.507 e. The number of fused-ring (bicyclic) bond motifs is 1. The van der Waals surface area contributed by atoms with Gasteiger partial charge in [-0.05, 0) is 42.5 Å². The van der Waals surface area contributed by atoms with Gasteiger partial charge in [0.05, 0.1) is 0 Å². The van der Waals surface area contributed by atoms with Crippen LogP contribution >= 0.6 is 28.1 Å². The van der Waals surface area contributed by atoms with Crippen LogP contribution in [0.2, 0.25) is 0 Å². The standard InChI is InChI=1S/C17H13BrN2OS/c18-11-4-1-5-12(10-11)19-17(22)20-15-8-2-7-14-13(15)6-3-9-16(14)21/h1-10,21H,(H2,19,20,22). The van der Waals surface area contributed by atoms with E-state index >= 15 is 0 Å². The molecule has 0 saturated carbocycles. The number of thiocarbonyl (C=S) groups is 1. The third kappa shape index (κ3) is 3.21. The summed E-state index contributed by atoms with van der Waals surface area (Å²) < 4.78 is 0.982. The Hall–Kier alpha value is -2.11. The minimum atomic E-state index is 0.256. The molecule has 0 bridgehead atoms. The third-order valence-electron chi connectivity index (χ3n) is 3.23. The maximum Gasteiger partial charge on any atom is 0.175 e. The first kappa shape index (κ1) is 14.8. The summed E-state index contributed by atoms with van der Waals surface area (Å²) in [6, 6.07) is 18.9. The Morgan fingerprint density at radius 1 is 0.909 bits per heavy atom. The fourth-order valence-electron chi connectivity index (χ4n) is 2.25. The zero-order valence-electron chi connectivity index (χ0n) is 11.5. The van der Waals surface area contributed by atoms with Gasteiger partial charge < -0.3 is 15.7 Å². The number of halogens is 1. The Kier molecular flexibility index (Phi) is 4.27. The second-order valence-corrected chi connectivity index (χ2v) is 6.09. The highest BCUT2D eigenvalue weighted by molar-refractivity contribution is 9.10. The minimum Gasteiger partial charge on any atom is -0.507 e. The van der Waals surface area contributed by atoms with E-state index in [9.17, 15) is 5.11 Å². The van der Waals surface area contributed by atoms with Crippen molar-refractivity contribution in [2.24, 2.45) is 0 Å². The van der Waals surface area contributed by atoms with E-state index in [4.69, 9.17) is 12.2 Å². The molecular formula is C17H13BrN2OS. The lowest BCUT2D eigenvalue weighted by molar-refractivity contribution is 0.481. The molecule has 0 spiro atoms. The second-order valence-electron chi connectivity index (χ2n) is 4.77. The predicted octanol–water partition coefficient (Wildman–Crippen LogP) is 5.12. The smallest absolute Gasteiger partial charge is 0.175 e. The lowest BCUT2D eigenvalue weighted by atomic mass is 10.1. The summed E-state index contributed by atoms with van der Waals surface area (Å²) in [6.45, 7) is 0. The van der Waals surface area contributed by atoms with Gasteiger partial charge in [-0.2, -0.15) is 0 Å². The Morgan fingerprint density at radius 3 is 2.45 bits per heavy atom. The highest BCUT2D eigenvalue weighted by Gasteiger charge is 2.06. The molecule has 0 fully saturated rings. The average Bonchev–Trinajstić information content (AvgIpc) is 2.48. The lowest BCUT2D eigenvalue weighted by Gasteiger charge is -2.13. The van der Waals surface area contributed by atoms with Gasteiger partial charge in [-0.3, -0.25) is 0 Å². The highest BCUT2D eigenvalue weighted by Crippen LogP contribution is 2.29. The summed E-state index contributed by atoms with van der Waals surface area (Å²) >= 11 is 8.79. The molecule has 0 saturated heterocycles. The van der Waals surface area contributed by atoms with Crippen molar-refractivity contribution >= 4 is 55.4 Å². The van der Waals surface area contributed by atoms with Crippen molar-refractivity contribution in [1.82, 2.24) is 0 Å². The molecule has 0 aliphatic carbocycles. The van der Waals surface area contributed by atoms with Gasteiger partial charge in [0.15, 0.2) is 5.11 Å². The summed E-state index contributed by atoms with van der Waals surface area (Å²) in [5.74, 6) is 0.256. The summed E-state index contributed by atoms with van der Waals surface area (Å²) in [5, 5.41) is 18.4. The van der Waals surface area contributed by atoms with E-state index < -0.39 is 0 Å². The molecule has 3 rings (SSSR count). The van der Waals surface area contributed by atoms with Crippen LogP contribution in [0.15, 0.2) is 65.1 Å².